The maximum Gasteiger partial charge on any atom is 0.407 e. The molecule has 1 aliphatic heterocycles. The average molecular weight is 588 g/mol. The Morgan fingerprint density at radius 2 is 1.81 bits per heavy atom. The summed E-state index contributed by atoms with van der Waals surface area (Å²) in [4.78, 5) is 32.7. The highest BCUT2D eigenvalue weighted by Gasteiger charge is 2.35. The molecular formula is C30H33F4N5O3. The van der Waals surface area contributed by atoms with Gasteiger partial charge in [0.05, 0.1) is 24.1 Å². The van der Waals surface area contributed by atoms with Crippen molar-refractivity contribution < 1.29 is 31.9 Å². The van der Waals surface area contributed by atoms with E-state index in [0.717, 1.165) is 24.5 Å². The summed E-state index contributed by atoms with van der Waals surface area (Å²) in [6, 6.07) is 11.6. The van der Waals surface area contributed by atoms with Crippen LogP contribution in [0, 0.1) is 11.6 Å². The Morgan fingerprint density at radius 3 is 2.55 bits per heavy atom. The Morgan fingerprint density at radius 1 is 1.07 bits per heavy atom. The smallest absolute Gasteiger partial charge is 0.407 e. The van der Waals surface area contributed by atoms with Gasteiger partial charge in [0.2, 0.25) is 0 Å². The van der Waals surface area contributed by atoms with Crippen LogP contribution in [-0.4, -0.2) is 71.2 Å². The number of imidazole rings is 1. The van der Waals surface area contributed by atoms with Gasteiger partial charge in [-0.15, -0.1) is 0 Å². The predicted octanol–water partition coefficient (Wildman–Crippen LogP) is 4.96. The molecule has 0 bridgehead atoms. The van der Waals surface area contributed by atoms with Gasteiger partial charge in [-0.1, -0.05) is 43.2 Å². The molecule has 1 unspecified atom stereocenters. The molecule has 224 valence electrons. The number of carbonyl (C=O) groups excluding carboxylic acids is 2. The number of nitrogens with zero attached hydrogens (tertiary/aromatic N) is 3. The van der Waals surface area contributed by atoms with Gasteiger partial charge in [-0.05, 0) is 37.0 Å². The largest absolute Gasteiger partial charge is 0.443 e. The zero-order valence-electron chi connectivity index (χ0n) is 22.9. The Hall–Kier alpha value is -3.93. The van der Waals surface area contributed by atoms with Gasteiger partial charge in [-0.3, -0.25) is 4.79 Å². The molecule has 2 aromatic carbocycles. The van der Waals surface area contributed by atoms with E-state index in [9.17, 15) is 27.2 Å². The van der Waals surface area contributed by atoms with Crippen LogP contribution in [-0.2, 0) is 11.2 Å². The first-order valence-corrected chi connectivity index (χ1v) is 14.1. The van der Waals surface area contributed by atoms with Gasteiger partial charge in [0.25, 0.3) is 12.3 Å². The van der Waals surface area contributed by atoms with Gasteiger partial charge < -0.3 is 24.8 Å². The number of hydrogen-bond donors (Lipinski definition) is 2. The first-order chi connectivity index (χ1) is 20.3. The van der Waals surface area contributed by atoms with E-state index in [1.54, 1.807) is 11.2 Å². The van der Waals surface area contributed by atoms with Crippen molar-refractivity contribution in [3.63, 3.8) is 0 Å². The highest BCUT2D eigenvalue weighted by molar-refractivity contribution is 5.98. The molecule has 8 nitrogen and oxygen atoms in total. The van der Waals surface area contributed by atoms with Crippen LogP contribution in [0.5, 0.6) is 0 Å². The van der Waals surface area contributed by atoms with Crippen molar-refractivity contribution in [3.05, 3.63) is 77.8 Å². The molecule has 1 aromatic heterocycles. The van der Waals surface area contributed by atoms with Crippen molar-refractivity contribution in [1.29, 1.82) is 0 Å². The molecule has 42 heavy (non-hydrogen) atoms. The molecule has 5 rings (SSSR count). The first-order valence-electron chi connectivity index (χ1n) is 14.1. The van der Waals surface area contributed by atoms with Crippen LogP contribution < -0.4 is 10.6 Å². The number of hydrogen-bond acceptors (Lipinski definition) is 5. The second kappa shape index (κ2) is 13.4. The van der Waals surface area contributed by atoms with E-state index in [1.807, 2.05) is 34.9 Å². The lowest BCUT2D eigenvalue weighted by Gasteiger charge is -2.36. The number of ether oxygens (including phenoxy) is 1. The zero-order valence-corrected chi connectivity index (χ0v) is 22.9. The second-order valence-electron chi connectivity index (χ2n) is 10.6. The van der Waals surface area contributed by atoms with E-state index in [2.05, 4.69) is 20.4 Å². The van der Waals surface area contributed by atoms with E-state index < -0.39 is 36.8 Å². The van der Waals surface area contributed by atoms with Crippen molar-refractivity contribution in [1.82, 2.24) is 25.1 Å². The SMILES string of the molecule is O=C(N[C@H]1CCCC[C@@H]1n1cnc(C(=O)N2CCNCC2Cc2cc(F)cc(F)c2)c1-c1ccccc1)OCC(F)F. The average Bonchev–Trinajstić information content (AvgIpc) is 3.41. The normalized spacial score (nSPS) is 20.9. The molecule has 2 N–H and O–H groups in total. The van der Waals surface area contributed by atoms with Crippen molar-refractivity contribution >= 4 is 12.0 Å². The van der Waals surface area contributed by atoms with Gasteiger partial charge >= 0.3 is 6.09 Å². The number of halogens is 4. The van der Waals surface area contributed by atoms with E-state index in [4.69, 9.17) is 0 Å². The lowest BCUT2D eigenvalue weighted by atomic mass is 9.89. The van der Waals surface area contributed by atoms with E-state index >= 15 is 0 Å². The Labute approximate surface area is 241 Å². The standard InChI is InChI=1S/C30H33F4N5O3/c31-21-12-19(13-22(32)15-21)14-23-16-35-10-11-38(23)29(40)27-28(20-6-2-1-3-7-20)39(18-36-27)25-9-5-4-8-24(25)37-30(41)42-17-26(33)34/h1-3,6-7,12-13,15,18,23-26,35H,4-5,8-11,14,16-17H2,(H,37,41)/t23?,24-,25-/m0/s1. The Kier molecular flexibility index (Phi) is 9.41. The van der Waals surface area contributed by atoms with E-state index in [1.165, 1.54) is 12.1 Å². The van der Waals surface area contributed by atoms with Crippen LogP contribution in [0.3, 0.4) is 0 Å². The van der Waals surface area contributed by atoms with Gasteiger partial charge in [0, 0.05) is 37.3 Å². The third-order valence-corrected chi connectivity index (χ3v) is 7.78. The minimum absolute atomic E-state index is 0.225. The second-order valence-corrected chi connectivity index (χ2v) is 10.6. The van der Waals surface area contributed by atoms with Crippen molar-refractivity contribution in [2.45, 2.75) is 56.7 Å². The molecule has 0 spiro atoms. The summed E-state index contributed by atoms with van der Waals surface area (Å²) >= 11 is 0. The number of carbonyl (C=O) groups is 2. The lowest BCUT2D eigenvalue weighted by molar-refractivity contribution is 0.0458. The summed E-state index contributed by atoms with van der Waals surface area (Å²) in [6.07, 6.45) is 1.14. The molecule has 0 radical (unpaired) electrons. The lowest BCUT2D eigenvalue weighted by Crippen LogP contribution is -2.54. The number of amides is 2. The number of alkyl halides is 2. The van der Waals surface area contributed by atoms with Crippen LogP contribution in [0.1, 0.15) is 47.8 Å². The van der Waals surface area contributed by atoms with Gasteiger partial charge in [0.15, 0.2) is 12.3 Å². The summed E-state index contributed by atoms with van der Waals surface area (Å²) in [5.74, 6) is -1.66. The fourth-order valence-corrected chi connectivity index (χ4v) is 5.94. The maximum absolute atomic E-state index is 14.1. The van der Waals surface area contributed by atoms with Crippen molar-refractivity contribution in [3.8, 4) is 11.3 Å². The Bertz CT molecular complexity index is 1370. The first kappa shape index (κ1) is 29.6. The number of benzene rings is 2. The van der Waals surface area contributed by atoms with Crippen LogP contribution in [0.25, 0.3) is 11.3 Å². The molecule has 3 aromatic rings. The zero-order chi connectivity index (χ0) is 29.6. The highest BCUT2D eigenvalue weighted by Crippen LogP contribution is 2.35. The van der Waals surface area contributed by atoms with Gasteiger partial charge in [0.1, 0.15) is 11.6 Å². The van der Waals surface area contributed by atoms with Crippen LogP contribution in [0.4, 0.5) is 22.4 Å². The fraction of sp³-hybridized carbons (Fsp3) is 0.433. The number of nitrogens with one attached hydrogen (secondary N) is 2. The molecular weight excluding hydrogens is 554 g/mol. The monoisotopic (exact) mass is 587 g/mol. The third kappa shape index (κ3) is 6.92. The summed E-state index contributed by atoms with van der Waals surface area (Å²) in [5, 5.41) is 6.00. The topological polar surface area (TPSA) is 88.5 Å². The van der Waals surface area contributed by atoms with Crippen LogP contribution in [0.2, 0.25) is 0 Å². The molecule has 2 heterocycles. The summed E-state index contributed by atoms with van der Waals surface area (Å²) in [6.45, 7) is 0.388. The molecule has 2 amide bonds. The molecule has 1 saturated heterocycles. The third-order valence-electron chi connectivity index (χ3n) is 7.78. The molecule has 2 fully saturated rings. The molecule has 1 saturated carbocycles. The van der Waals surface area contributed by atoms with Gasteiger partial charge in [-0.25, -0.2) is 27.3 Å². The summed E-state index contributed by atoms with van der Waals surface area (Å²) in [5.41, 5.74) is 2.00. The summed E-state index contributed by atoms with van der Waals surface area (Å²) < 4.78 is 59.5. The Balaban J connectivity index is 1.46. The minimum Gasteiger partial charge on any atom is -0.443 e. The number of rotatable bonds is 8. The van der Waals surface area contributed by atoms with Crippen LogP contribution in [0.15, 0.2) is 54.9 Å². The molecule has 3 atom stereocenters. The van der Waals surface area contributed by atoms with E-state index in [0.29, 0.717) is 43.7 Å². The number of alkyl carbamates (subject to hydrolysis) is 1. The van der Waals surface area contributed by atoms with E-state index in [-0.39, 0.29) is 30.1 Å². The van der Waals surface area contributed by atoms with Crippen molar-refractivity contribution in [2.75, 3.05) is 26.2 Å². The molecule has 1 aliphatic carbocycles. The number of piperazine rings is 1. The summed E-state index contributed by atoms with van der Waals surface area (Å²) in [7, 11) is 0. The minimum atomic E-state index is -2.77. The van der Waals surface area contributed by atoms with Crippen LogP contribution >= 0.6 is 0 Å². The molecule has 12 heteroatoms. The predicted molar refractivity (Wildman–Crippen MR) is 147 cm³/mol. The number of aromatic nitrogens is 2. The molecule has 2 aliphatic rings. The highest BCUT2D eigenvalue weighted by atomic mass is 19.3. The fourth-order valence-electron chi connectivity index (χ4n) is 5.94. The quantitative estimate of drug-likeness (QED) is 0.364. The van der Waals surface area contributed by atoms with Crippen molar-refractivity contribution in [2.24, 2.45) is 0 Å². The van der Waals surface area contributed by atoms with Gasteiger partial charge in [-0.2, -0.15) is 0 Å². The maximum atomic E-state index is 14.1.